The third-order valence-electron chi connectivity index (χ3n) is 3.73. The Morgan fingerprint density at radius 1 is 1.29 bits per heavy atom. The fourth-order valence-electron chi connectivity index (χ4n) is 2.64. The van der Waals surface area contributed by atoms with Gasteiger partial charge in [-0.2, -0.15) is 0 Å². The molecule has 0 spiro atoms. The molecule has 1 unspecified atom stereocenters. The number of ether oxygens (including phenoxy) is 1. The second-order valence-electron chi connectivity index (χ2n) is 5.09. The highest BCUT2D eigenvalue weighted by Crippen LogP contribution is 2.34. The van der Waals surface area contributed by atoms with Gasteiger partial charge in [-0.05, 0) is 24.1 Å². The lowest BCUT2D eigenvalue weighted by atomic mass is 9.93. The van der Waals surface area contributed by atoms with Gasteiger partial charge in [-0.15, -0.1) is 0 Å². The normalized spacial score (nSPS) is 16.9. The highest BCUT2D eigenvalue weighted by atomic mass is 16.5. The fraction of sp³-hybridized carbons (Fsp3) is 0.250. The van der Waals surface area contributed by atoms with E-state index < -0.39 is 5.97 Å². The summed E-state index contributed by atoms with van der Waals surface area (Å²) in [5, 5.41) is 9.03. The van der Waals surface area contributed by atoms with E-state index in [2.05, 4.69) is 0 Å². The van der Waals surface area contributed by atoms with Gasteiger partial charge in [0.15, 0.2) is 0 Å². The van der Waals surface area contributed by atoms with Crippen molar-refractivity contribution in [3.8, 4) is 5.75 Å². The number of carboxylic acids is 1. The molecule has 1 aliphatic heterocycles. The summed E-state index contributed by atoms with van der Waals surface area (Å²) in [5.41, 5.74) is 0.996. The van der Waals surface area contributed by atoms with Gasteiger partial charge < -0.3 is 14.4 Å². The van der Waals surface area contributed by atoms with E-state index in [1.807, 2.05) is 24.3 Å². The molecular weight excluding hydrogens is 270 g/mol. The zero-order valence-electron chi connectivity index (χ0n) is 11.4. The molecular formula is C16H15NO4. The predicted molar refractivity (Wildman–Crippen MR) is 77.0 cm³/mol. The number of aromatic nitrogens is 1. The second kappa shape index (κ2) is 5.44. The van der Waals surface area contributed by atoms with Crippen molar-refractivity contribution >= 4 is 5.97 Å². The Hall–Kier alpha value is -2.56. The minimum Gasteiger partial charge on any atom is -0.493 e. The van der Waals surface area contributed by atoms with Crippen LogP contribution >= 0.6 is 0 Å². The van der Waals surface area contributed by atoms with Crippen LogP contribution in [-0.2, 0) is 6.54 Å². The van der Waals surface area contributed by atoms with Gasteiger partial charge in [-0.3, -0.25) is 4.79 Å². The van der Waals surface area contributed by atoms with Crippen LogP contribution in [0.3, 0.4) is 0 Å². The number of benzene rings is 1. The van der Waals surface area contributed by atoms with E-state index in [0.29, 0.717) is 13.2 Å². The second-order valence-corrected chi connectivity index (χ2v) is 5.09. The lowest BCUT2D eigenvalue weighted by Crippen LogP contribution is -2.26. The largest absolute Gasteiger partial charge is 0.493 e. The standard InChI is InChI=1S/C16H15NO4/c18-15-6-5-12(16(19)20)10-17(15)9-11-7-8-21-14-4-2-1-3-13(11)14/h1-6,10-11H,7-9H2,(H,19,20). The van der Waals surface area contributed by atoms with Gasteiger partial charge in [0.05, 0.1) is 12.2 Å². The number of rotatable bonds is 3. The molecule has 0 aliphatic carbocycles. The van der Waals surface area contributed by atoms with Gasteiger partial charge in [-0.1, -0.05) is 18.2 Å². The molecule has 2 heterocycles. The summed E-state index contributed by atoms with van der Waals surface area (Å²) in [6.07, 6.45) is 2.21. The number of nitrogens with zero attached hydrogens (tertiary/aromatic N) is 1. The van der Waals surface area contributed by atoms with Crippen LogP contribution in [0.25, 0.3) is 0 Å². The highest BCUT2D eigenvalue weighted by molar-refractivity contribution is 5.87. The summed E-state index contributed by atoms with van der Waals surface area (Å²) >= 11 is 0. The van der Waals surface area contributed by atoms with Crippen molar-refractivity contribution < 1.29 is 14.6 Å². The zero-order valence-corrected chi connectivity index (χ0v) is 11.4. The number of hydrogen-bond acceptors (Lipinski definition) is 3. The molecule has 108 valence electrons. The van der Waals surface area contributed by atoms with E-state index in [1.165, 1.54) is 22.9 Å². The SMILES string of the molecule is O=C(O)c1ccc(=O)n(CC2CCOc3ccccc32)c1. The van der Waals surface area contributed by atoms with Crippen molar-refractivity contribution in [1.29, 1.82) is 0 Å². The van der Waals surface area contributed by atoms with E-state index in [-0.39, 0.29) is 17.0 Å². The fourth-order valence-corrected chi connectivity index (χ4v) is 2.64. The molecule has 0 saturated heterocycles. The Morgan fingerprint density at radius 3 is 2.90 bits per heavy atom. The molecule has 1 aliphatic rings. The molecule has 0 saturated carbocycles. The van der Waals surface area contributed by atoms with Crippen LogP contribution in [0.2, 0.25) is 0 Å². The van der Waals surface area contributed by atoms with Crippen LogP contribution in [0.4, 0.5) is 0 Å². The number of carboxylic acid groups (broad SMARTS) is 1. The molecule has 1 N–H and O–H groups in total. The Balaban J connectivity index is 1.93. The Labute approximate surface area is 121 Å². The van der Waals surface area contributed by atoms with E-state index >= 15 is 0 Å². The number of hydrogen-bond donors (Lipinski definition) is 1. The van der Waals surface area contributed by atoms with Gasteiger partial charge in [0.25, 0.3) is 5.56 Å². The minimum atomic E-state index is -1.03. The Bertz CT molecular complexity index is 735. The summed E-state index contributed by atoms with van der Waals surface area (Å²) in [4.78, 5) is 22.9. The summed E-state index contributed by atoms with van der Waals surface area (Å²) in [7, 11) is 0. The summed E-state index contributed by atoms with van der Waals surface area (Å²) < 4.78 is 7.07. The first-order valence-corrected chi connectivity index (χ1v) is 6.80. The van der Waals surface area contributed by atoms with Gasteiger partial charge in [0, 0.05) is 24.7 Å². The van der Waals surface area contributed by atoms with Crippen LogP contribution < -0.4 is 10.3 Å². The van der Waals surface area contributed by atoms with Crippen LogP contribution in [0, 0.1) is 0 Å². The third-order valence-corrected chi connectivity index (χ3v) is 3.73. The number of aromatic carboxylic acids is 1. The highest BCUT2D eigenvalue weighted by Gasteiger charge is 2.22. The van der Waals surface area contributed by atoms with Crippen LogP contribution in [-0.4, -0.2) is 22.2 Å². The maximum absolute atomic E-state index is 11.9. The molecule has 5 nitrogen and oxygen atoms in total. The molecule has 1 aromatic heterocycles. The predicted octanol–water partition coefficient (Wildman–Crippen LogP) is 2.11. The summed E-state index contributed by atoms with van der Waals surface area (Å²) in [6.45, 7) is 1.06. The third kappa shape index (κ3) is 2.67. The van der Waals surface area contributed by atoms with Crippen molar-refractivity contribution in [2.75, 3.05) is 6.61 Å². The average Bonchev–Trinajstić information content (AvgIpc) is 2.49. The van der Waals surface area contributed by atoms with Crippen molar-refractivity contribution in [2.24, 2.45) is 0 Å². The molecule has 0 amide bonds. The molecule has 21 heavy (non-hydrogen) atoms. The molecule has 1 atom stereocenters. The van der Waals surface area contributed by atoms with Crippen molar-refractivity contribution in [2.45, 2.75) is 18.9 Å². The average molecular weight is 285 g/mol. The molecule has 0 radical (unpaired) electrons. The summed E-state index contributed by atoms with van der Waals surface area (Å²) in [6, 6.07) is 10.4. The molecule has 5 heteroatoms. The van der Waals surface area contributed by atoms with Crippen LogP contribution in [0.5, 0.6) is 5.75 Å². The lowest BCUT2D eigenvalue weighted by Gasteiger charge is -2.26. The monoisotopic (exact) mass is 285 g/mol. The van der Waals surface area contributed by atoms with E-state index in [0.717, 1.165) is 17.7 Å². The van der Waals surface area contributed by atoms with E-state index in [9.17, 15) is 9.59 Å². The van der Waals surface area contributed by atoms with Crippen LogP contribution in [0.15, 0.2) is 47.4 Å². The summed E-state index contributed by atoms with van der Waals surface area (Å²) in [5.74, 6) is -0.0380. The molecule has 1 aromatic carbocycles. The Morgan fingerprint density at radius 2 is 2.10 bits per heavy atom. The topological polar surface area (TPSA) is 68.5 Å². The van der Waals surface area contributed by atoms with Gasteiger partial charge >= 0.3 is 5.97 Å². The number of para-hydroxylation sites is 1. The van der Waals surface area contributed by atoms with Crippen molar-refractivity contribution in [1.82, 2.24) is 4.57 Å². The number of pyridine rings is 1. The molecule has 0 bridgehead atoms. The first kappa shape index (κ1) is 13.4. The van der Waals surface area contributed by atoms with Gasteiger partial charge in [0.1, 0.15) is 5.75 Å². The zero-order chi connectivity index (χ0) is 14.8. The van der Waals surface area contributed by atoms with Gasteiger partial charge in [0.2, 0.25) is 0 Å². The van der Waals surface area contributed by atoms with E-state index in [4.69, 9.17) is 9.84 Å². The maximum atomic E-state index is 11.9. The smallest absolute Gasteiger partial charge is 0.337 e. The van der Waals surface area contributed by atoms with Gasteiger partial charge in [-0.25, -0.2) is 4.79 Å². The Kier molecular flexibility index (Phi) is 3.48. The minimum absolute atomic E-state index is 0.120. The van der Waals surface area contributed by atoms with Crippen molar-refractivity contribution in [3.63, 3.8) is 0 Å². The molecule has 3 rings (SSSR count). The first-order valence-electron chi connectivity index (χ1n) is 6.80. The number of fused-ring (bicyclic) bond motifs is 1. The van der Waals surface area contributed by atoms with Crippen LogP contribution in [0.1, 0.15) is 28.3 Å². The van der Waals surface area contributed by atoms with E-state index in [1.54, 1.807) is 0 Å². The lowest BCUT2D eigenvalue weighted by molar-refractivity contribution is 0.0695. The molecule has 2 aromatic rings. The first-order chi connectivity index (χ1) is 10.1. The van der Waals surface area contributed by atoms with Crippen molar-refractivity contribution in [3.05, 3.63) is 64.1 Å². The maximum Gasteiger partial charge on any atom is 0.337 e. The molecule has 0 fully saturated rings. The quantitative estimate of drug-likeness (QED) is 0.937. The number of carbonyl (C=O) groups is 1.